The summed E-state index contributed by atoms with van der Waals surface area (Å²) in [6.07, 6.45) is 3.39. The van der Waals surface area contributed by atoms with Crippen LogP contribution in [0.15, 0.2) is 16.9 Å². The molecule has 0 bridgehead atoms. The van der Waals surface area contributed by atoms with Crippen molar-refractivity contribution in [3.05, 3.63) is 33.7 Å². The zero-order valence-electron chi connectivity index (χ0n) is 11.2. The van der Waals surface area contributed by atoms with Gasteiger partial charge in [0.25, 0.3) is 5.56 Å². The normalized spacial score (nSPS) is 11.1. The lowest BCUT2D eigenvalue weighted by atomic mass is 10.1. The molecule has 3 nitrogen and oxygen atoms in total. The van der Waals surface area contributed by atoms with Crippen LogP contribution in [-0.4, -0.2) is 4.57 Å². The van der Waals surface area contributed by atoms with Crippen LogP contribution in [0.25, 0.3) is 0 Å². The van der Waals surface area contributed by atoms with Gasteiger partial charge in [-0.2, -0.15) is 0 Å². The molecule has 0 aromatic carbocycles. The topological polar surface area (TPSA) is 48.0 Å². The first kappa shape index (κ1) is 14.0. The van der Waals surface area contributed by atoms with E-state index in [1.165, 1.54) is 6.42 Å². The molecule has 0 unspecified atom stereocenters. The second-order valence-corrected chi connectivity index (χ2v) is 4.81. The van der Waals surface area contributed by atoms with Gasteiger partial charge in [0.2, 0.25) is 0 Å². The molecule has 0 atom stereocenters. The van der Waals surface area contributed by atoms with Crippen LogP contribution < -0.4 is 11.3 Å². The molecule has 3 heteroatoms. The molecule has 1 rings (SSSR count). The van der Waals surface area contributed by atoms with Crippen molar-refractivity contribution in [3.8, 4) is 0 Å². The summed E-state index contributed by atoms with van der Waals surface area (Å²) in [5, 5.41) is 0. The smallest absolute Gasteiger partial charge is 0.255 e. The van der Waals surface area contributed by atoms with Crippen LogP contribution in [-0.2, 0) is 13.1 Å². The molecule has 0 radical (unpaired) electrons. The van der Waals surface area contributed by atoms with Gasteiger partial charge in [-0.05, 0) is 18.4 Å². The fourth-order valence-electron chi connectivity index (χ4n) is 2.05. The zero-order valence-corrected chi connectivity index (χ0v) is 11.2. The molecule has 1 aromatic heterocycles. The Balaban J connectivity index is 3.07. The summed E-state index contributed by atoms with van der Waals surface area (Å²) < 4.78 is 1.91. The lowest BCUT2D eigenvalue weighted by molar-refractivity contribution is 0.549. The minimum atomic E-state index is 0.0924. The Labute approximate surface area is 104 Å². The van der Waals surface area contributed by atoms with E-state index in [-0.39, 0.29) is 5.56 Å². The Hall–Kier alpha value is -1.09. The van der Waals surface area contributed by atoms with Gasteiger partial charge in [0, 0.05) is 24.3 Å². The van der Waals surface area contributed by atoms with Crippen LogP contribution in [0.5, 0.6) is 0 Å². The summed E-state index contributed by atoms with van der Waals surface area (Å²) in [5.41, 5.74) is 7.51. The monoisotopic (exact) mass is 236 g/mol. The van der Waals surface area contributed by atoms with E-state index in [9.17, 15) is 4.79 Å². The summed E-state index contributed by atoms with van der Waals surface area (Å²) >= 11 is 0. The summed E-state index contributed by atoms with van der Waals surface area (Å²) in [7, 11) is 0. The summed E-state index contributed by atoms with van der Waals surface area (Å²) in [6, 6.07) is 3.91. The number of nitrogens with zero attached hydrogens (tertiary/aromatic N) is 1. The highest BCUT2D eigenvalue weighted by atomic mass is 16.1. The van der Waals surface area contributed by atoms with E-state index in [0.29, 0.717) is 18.0 Å². The van der Waals surface area contributed by atoms with Crippen molar-refractivity contribution < 1.29 is 0 Å². The van der Waals surface area contributed by atoms with E-state index in [1.54, 1.807) is 0 Å². The van der Waals surface area contributed by atoms with Gasteiger partial charge in [0.1, 0.15) is 0 Å². The molecule has 0 amide bonds. The van der Waals surface area contributed by atoms with Crippen LogP contribution in [0.2, 0.25) is 0 Å². The van der Waals surface area contributed by atoms with Crippen LogP contribution in [0.4, 0.5) is 0 Å². The van der Waals surface area contributed by atoms with Crippen LogP contribution in [0.3, 0.4) is 0 Å². The van der Waals surface area contributed by atoms with Crippen molar-refractivity contribution in [1.29, 1.82) is 0 Å². The number of pyridine rings is 1. The third-order valence-corrected chi connectivity index (χ3v) is 3.08. The van der Waals surface area contributed by atoms with Crippen molar-refractivity contribution in [3.63, 3.8) is 0 Å². The molecule has 1 heterocycles. The zero-order chi connectivity index (χ0) is 12.8. The molecule has 0 saturated carbocycles. The minimum Gasteiger partial charge on any atom is -0.326 e. The first-order chi connectivity index (χ1) is 8.11. The lowest BCUT2D eigenvalue weighted by Gasteiger charge is -2.16. The van der Waals surface area contributed by atoms with Gasteiger partial charge in [-0.25, -0.2) is 0 Å². The van der Waals surface area contributed by atoms with Gasteiger partial charge in [-0.3, -0.25) is 4.79 Å². The Kier molecular flexibility index (Phi) is 5.42. The summed E-state index contributed by atoms with van der Waals surface area (Å²) in [4.78, 5) is 12.2. The second kappa shape index (κ2) is 6.60. The molecule has 2 N–H and O–H groups in total. The Morgan fingerprint density at radius 3 is 2.53 bits per heavy atom. The van der Waals surface area contributed by atoms with Gasteiger partial charge >= 0.3 is 0 Å². The molecule has 0 fully saturated rings. The first-order valence-electron chi connectivity index (χ1n) is 6.54. The van der Waals surface area contributed by atoms with E-state index in [0.717, 1.165) is 25.1 Å². The van der Waals surface area contributed by atoms with Gasteiger partial charge in [-0.1, -0.05) is 39.7 Å². The highest BCUT2D eigenvalue weighted by molar-refractivity contribution is 5.18. The third-order valence-electron chi connectivity index (χ3n) is 3.08. The fourth-order valence-corrected chi connectivity index (χ4v) is 2.05. The molecular weight excluding hydrogens is 212 g/mol. The molecule has 0 aliphatic heterocycles. The Morgan fingerprint density at radius 2 is 2.00 bits per heavy atom. The Bertz CT molecular complexity index is 407. The standard InChI is InChI=1S/C14H24N2O/c1-4-5-6-9-16-13(11(2)3)8-7-12(10-15)14(16)17/h7-8,11H,4-6,9-10,15H2,1-3H3. The maximum atomic E-state index is 12.2. The average Bonchev–Trinajstić information content (AvgIpc) is 2.31. The molecule has 0 aliphatic rings. The van der Waals surface area contributed by atoms with E-state index in [4.69, 9.17) is 5.73 Å². The number of nitrogens with two attached hydrogens (primary N) is 1. The minimum absolute atomic E-state index is 0.0924. The van der Waals surface area contributed by atoms with E-state index < -0.39 is 0 Å². The maximum Gasteiger partial charge on any atom is 0.255 e. The quantitative estimate of drug-likeness (QED) is 0.772. The van der Waals surface area contributed by atoms with E-state index in [1.807, 2.05) is 16.7 Å². The predicted molar refractivity (Wildman–Crippen MR) is 72.2 cm³/mol. The van der Waals surface area contributed by atoms with Crippen molar-refractivity contribution >= 4 is 0 Å². The molecule has 17 heavy (non-hydrogen) atoms. The molecule has 0 aliphatic carbocycles. The fraction of sp³-hybridized carbons (Fsp3) is 0.643. The molecular formula is C14H24N2O. The van der Waals surface area contributed by atoms with E-state index in [2.05, 4.69) is 20.8 Å². The molecule has 1 aromatic rings. The van der Waals surface area contributed by atoms with Crippen molar-refractivity contribution in [2.24, 2.45) is 5.73 Å². The predicted octanol–water partition coefficient (Wildman–Crippen LogP) is 2.62. The van der Waals surface area contributed by atoms with Crippen molar-refractivity contribution in [2.75, 3.05) is 0 Å². The molecule has 0 saturated heterocycles. The van der Waals surface area contributed by atoms with Gasteiger partial charge in [-0.15, -0.1) is 0 Å². The van der Waals surface area contributed by atoms with Crippen molar-refractivity contribution in [1.82, 2.24) is 4.57 Å². The Morgan fingerprint density at radius 1 is 1.29 bits per heavy atom. The van der Waals surface area contributed by atoms with Crippen molar-refractivity contribution in [2.45, 2.75) is 59.0 Å². The number of unbranched alkanes of at least 4 members (excludes halogenated alkanes) is 2. The van der Waals surface area contributed by atoms with Crippen LogP contribution in [0, 0.1) is 0 Å². The highest BCUT2D eigenvalue weighted by Gasteiger charge is 2.10. The average molecular weight is 236 g/mol. The second-order valence-electron chi connectivity index (χ2n) is 4.81. The summed E-state index contributed by atoms with van der Waals surface area (Å²) in [6.45, 7) is 7.54. The summed E-state index contributed by atoms with van der Waals surface area (Å²) in [5.74, 6) is 0.371. The van der Waals surface area contributed by atoms with Gasteiger partial charge < -0.3 is 10.3 Å². The number of rotatable bonds is 6. The third kappa shape index (κ3) is 3.43. The van der Waals surface area contributed by atoms with Crippen LogP contribution >= 0.6 is 0 Å². The molecule has 96 valence electrons. The number of aromatic nitrogens is 1. The number of hydrogen-bond acceptors (Lipinski definition) is 2. The first-order valence-corrected chi connectivity index (χ1v) is 6.54. The highest BCUT2D eigenvalue weighted by Crippen LogP contribution is 2.14. The van der Waals surface area contributed by atoms with Gasteiger partial charge in [0.15, 0.2) is 0 Å². The SMILES string of the molecule is CCCCCn1c(C(C)C)ccc(CN)c1=O. The lowest BCUT2D eigenvalue weighted by Crippen LogP contribution is -2.28. The molecule has 0 spiro atoms. The van der Waals surface area contributed by atoms with Crippen LogP contribution in [0.1, 0.15) is 57.2 Å². The largest absolute Gasteiger partial charge is 0.326 e. The van der Waals surface area contributed by atoms with E-state index >= 15 is 0 Å². The maximum absolute atomic E-state index is 12.2. The number of hydrogen-bond donors (Lipinski definition) is 1. The van der Waals surface area contributed by atoms with Gasteiger partial charge in [0.05, 0.1) is 0 Å².